The third kappa shape index (κ3) is 4.26. The minimum Gasteiger partial charge on any atom is -0.353 e. The van der Waals surface area contributed by atoms with Gasteiger partial charge in [-0.25, -0.2) is 9.97 Å². The van der Waals surface area contributed by atoms with Gasteiger partial charge < -0.3 is 10.2 Å². The van der Waals surface area contributed by atoms with Crippen LogP contribution >= 0.6 is 0 Å². The first-order valence-corrected chi connectivity index (χ1v) is 10.2. The van der Waals surface area contributed by atoms with Gasteiger partial charge in [0, 0.05) is 49.3 Å². The Bertz CT molecular complexity index is 953. The number of hydrogen-bond donors (Lipinski definition) is 1. The molecule has 3 rings (SSSR count). The number of piperazine rings is 1. The van der Waals surface area contributed by atoms with Gasteiger partial charge in [-0.2, -0.15) is 17.0 Å². The molecule has 3 heterocycles. The van der Waals surface area contributed by atoms with E-state index in [9.17, 15) is 13.2 Å². The fraction of sp³-hybridized carbons (Fsp3) is 0.412. The Hall–Kier alpha value is -2.63. The first kappa shape index (κ1) is 20.1. The van der Waals surface area contributed by atoms with E-state index in [1.165, 1.54) is 22.7 Å². The van der Waals surface area contributed by atoms with E-state index in [4.69, 9.17) is 0 Å². The molecule has 1 N–H and O–H groups in total. The van der Waals surface area contributed by atoms with Crippen LogP contribution in [0.2, 0.25) is 0 Å². The van der Waals surface area contributed by atoms with Crippen molar-refractivity contribution in [2.24, 2.45) is 0 Å². The number of nitrogens with zero attached hydrogens (tertiary/aromatic N) is 6. The topological polar surface area (TPSA) is 112 Å². The van der Waals surface area contributed by atoms with E-state index in [2.05, 4.69) is 20.3 Å². The molecule has 0 bridgehead atoms. The van der Waals surface area contributed by atoms with Crippen LogP contribution in [-0.4, -0.2) is 78.2 Å². The Morgan fingerprint density at radius 3 is 2.50 bits per heavy atom. The van der Waals surface area contributed by atoms with Crippen molar-refractivity contribution in [3.8, 4) is 0 Å². The summed E-state index contributed by atoms with van der Waals surface area (Å²) in [5.74, 6) is 0.583. The van der Waals surface area contributed by atoms with E-state index in [1.54, 1.807) is 37.5 Å². The fourth-order valence-corrected chi connectivity index (χ4v) is 3.89. The number of rotatable bonds is 5. The Labute approximate surface area is 167 Å². The highest BCUT2D eigenvalue weighted by Crippen LogP contribution is 2.17. The van der Waals surface area contributed by atoms with Gasteiger partial charge in [0.2, 0.25) is 0 Å². The zero-order valence-electron chi connectivity index (χ0n) is 16.0. The minimum atomic E-state index is -3.44. The number of amides is 1. The maximum absolute atomic E-state index is 12.6. The smallest absolute Gasteiger partial charge is 0.281 e. The van der Waals surface area contributed by atoms with Gasteiger partial charge >= 0.3 is 0 Å². The fourth-order valence-electron chi connectivity index (χ4n) is 2.80. The number of nitrogens with one attached hydrogen (secondary N) is 1. The number of hydrogen-bond acceptors (Lipinski definition) is 7. The van der Waals surface area contributed by atoms with Crippen molar-refractivity contribution >= 4 is 27.8 Å². The van der Waals surface area contributed by atoms with Crippen molar-refractivity contribution in [2.75, 3.05) is 50.5 Å². The highest BCUT2D eigenvalue weighted by atomic mass is 32.2. The van der Waals surface area contributed by atoms with Crippen molar-refractivity contribution in [1.82, 2.24) is 23.6 Å². The summed E-state index contributed by atoms with van der Waals surface area (Å²) < 4.78 is 27.1. The Morgan fingerprint density at radius 2 is 1.89 bits per heavy atom. The molecule has 1 aliphatic heterocycles. The molecular formula is C17H27N7O3S. The summed E-state index contributed by atoms with van der Waals surface area (Å²) in [5.41, 5.74) is 0.720. The molecular weight excluding hydrogens is 382 g/mol. The van der Waals surface area contributed by atoms with Crippen molar-refractivity contribution in [2.45, 2.75) is 6.92 Å². The van der Waals surface area contributed by atoms with Crippen LogP contribution in [0.4, 0.5) is 11.6 Å². The molecule has 2 aromatic heterocycles. The van der Waals surface area contributed by atoms with Gasteiger partial charge in [-0.1, -0.05) is 6.07 Å². The highest BCUT2D eigenvalue weighted by Gasteiger charge is 2.29. The summed E-state index contributed by atoms with van der Waals surface area (Å²) in [6, 6.07) is 5.23. The predicted octanol–water partition coefficient (Wildman–Crippen LogP) is 0.853. The van der Waals surface area contributed by atoms with E-state index < -0.39 is 10.2 Å². The molecule has 0 spiro atoms. The van der Waals surface area contributed by atoms with Crippen molar-refractivity contribution in [1.29, 1.82) is 0 Å². The summed E-state index contributed by atoms with van der Waals surface area (Å²) in [7, 11) is -0.409. The van der Waals surface area contributed by atoms with Gasteiger partial charge in [0.15, 0.2) is 5.69 Å². The van der Waals surface area contributed by atoms with Crippen molar-refractivity contribution in [3.63, 3.8) is 0 Å². The summed E-state index contributed by atoms with van der Waals surface area (Å²) in [6.07, 6.45) is 3.19. The Morgan fingerprint density at radius 1 is 1.18 bits per heavy atom. The lowest BCUT2D eigenvalue weighted by atomic mass is 10.3. The molecule has 1 aliphatic rings. The van der Waals surface area contributed by atoms with E-state index in [-0.39, 0.29) is 14.5 Å². The zero-order chi connectivity index (χ0) is 20.3. The van der Waals surface area contributed by atoms with Gasteiger partial charge in [-0.15, -0.1) is 0 Å². The lowest BCUT2D eigenvalue weighted by molar-refractivity contribution is 0.102. The second-order valence-electron chi connectivity index (χ2n) is 6.51. The molecule has 10 nitrogen and oxygen atoms in total. The van der Waals surface area contributed by atoms with Gasteiger partial charge in [-0.3, -0.25) is 9.78 Å². The summed E-state index contributed by atoms with van der Waals surface area (Å²) in [4.78, 5) is 27.3. The maximum atomic E-state index is 12.6. The number of carbonyl (C=O) groups excluding carboxylic acids is 1. The number of carbonyl (C=O) groups is 1. The van der Waals surface area contributed by atoms with Crippen LogP contribution in [0.1, 0.15) is 19.0 Å². The molecule has 1 fully saturated rings. The van der Waals surface area contributed by atoms with E-state index in [0.717, 1.165) is 0 Å². The largest absolute Gasteiger partial charge is 0.353 e. The lowest BCUT2D eigenvalue weighted by Crippen LogP contribution is -2.52. The number of anilines is 2. The Kier molecular flexibility index (Phi) is 5.87. The van der Waals surface area contributed by atoms with Crippen LogP contribution in [0, 0.1) is 6.92 Å². The maximum Gasteiger partial charge on any atom is 0.281 e. The number of aryl methyl sites for hydroxylation is 1. The third-order valence-corrected chi connectivity index (χ3v) is 6.36. The third-order valence-electron chi connectivity index (χ3n) is 4.41. The van der Waals surface area contributed by atoms with Crippen LogP contribution < -0.4 is 10.2 Å². The monoisotopic (exact) mass is 409 g/mol. The molecule has 0 aromatic carbocycles. The first-order chi connectivity index (χ1) is 13.3. The standard InChI is InChI=1S/C17H23N7O3S.2H2/c1-13-16(17(25)20-14-6-4-5-7-18-14)21-15(12-19-13)23-8-10-24(11-9-23)28(26,27)22(2)3;;/h4-7,12H,8-11H2,1-3H3,(H,18,20,25);2*1H. The zero-order valence-corrected chi connectivity index (χ0v) is 16.8. The normalized spacial score (nSPS) is 15.6. The van der Waals surface area contributed by atoms with E-state index in [0.29, 0.717) is 43.5 Å². The van der Waals surface area contributed by atoms with Crippen LogP contribution in [-0.2, 0) is 10.2 Å². The van der Waals surface area contributed by atoms with E-state index >= 15 is 0 Å². The molecule has 1 saturated heterocycles. The van der Waals surface area contributed by atoms with Crippen LogP contribution in [0.15, 0.2) is 30.6 Å². The molecule has 28 heavy (non-hydrogen) atoms. The van der Waals surface area contributed by atoms with E-state index in [1.807, 2.05) is 4.90 Å². The lowest BCUT2D eigenvalue weighted by Gasteiger charge is -2.35. The SMILES string of the molecule is Cc1ncc(N2CCN(S(=O)(=O)N(C)C)CC2)nc1C(=O)Nc1ccccn1.[HH].[HH]. The second kappa shape index (κ2) is 8.17. The molecule has 0 unspecified atom stereocenters. The molecule has 1 amide bonds. The van der Waals surface area contributed by atoms with Crippen LogP contribution in [0.5, 0.6) is 0 Å². The molecule has 0 radical (unpaired) electrons. The number of pyridine rings is 1. The van der Waals surface area contributed by atoms with Gasteiger partial charge in [0.05, 0.1) is 11.9 Å². The average molecular weight is 410 g/mol. The quantitative estimate of drug-likeness (QED) is 0.779. The highest BCUT2D eigenvalue weighted by molar-refractivity contribution is 7.86. The van der Waals surface area contributed by atoms with Gasteiger partial charge in [0.1, 0.15) is 11.6 Å². The molecule has 0 aliphatic carbocycles. The summed E-state index contributed by atoms with van der Waals surface area (Å²) in [5, 5.41) is 2.70. The first-order valence-electron chi connectivity index (χ1n) is 8.77. The van der Waals surface area contributed by atoms with Crippen LogP contribution in [0.25, 0.3) is 0 Å². The van der Waals surface area contributed by atoms with Gasteiger partial charge in [0.25, 0.3) is 16.1 Å². The van der Waals surface area contributed by atoms with Crippen LogP contribution in [0.3, 0.4) is 0 Å². The minimum absolute atomic E-state index is 0. The molecule has 11 heteroatoms. The predicted molar refractivity (Wildman–Crippen MR) is 110 cm³/mol. The molecule has 0 atom stereocenters. The van der Waals surface area contributed by atoms with Crippen molar-refractivity contribution in [3.05, 3.63) is 42.0 Å². The summed E-state index contributed by atoms with van der Waals surface area (Å²) in [6.45, 7) is 3.32. The molecule has 0 saturated carbocycles. The second-order valence-corrected chi connectivity index (χ2v) is 8.65. The van der Waals surface area contributed by atoms with Gasteiger partial charge in [-0.05, 0) is 19.1 Å². The number of aromatic nitrogens is 3. The Balaban J connectivity index is 0.00000225. The van der Waals surface area contributed by atoms with Crippen molar-refractivity contribution < 1.29 is 16.1 Å². The molecule has 2 aromatic rings. The average Bonchev–Trinajstić information content (AvgIpc) is 2.69. The summed E-state index contributed by atoms with van der Waals surface area (Å²) >= 11 is 0. The molecule has 154 valence electrons.